The summed E-state index contributed by atoms with van der Waals surface area (Å²) in [5.74, 6) is -0.359. The molecule has 7 heteroatoms. The van der Waals surface area contributed by atoms with E-state index in [9.17, 15) is 19.7 Å². The maximum Gasteiger partial charge on any atom is 0.311 e. The van der Waals surface area contributed by atoms with Crippen LogP contribution in [0.1, 0.15) is 43.0 Å². The van der Waals surface area contributed by atoms with Crippen LogP contribution in [0.25, 0.3) is 0 Å². The van der Waals surface area contributed by atoms with E-state index in [1.165, 1.54) is 12.1 Å². The summed E-state index contributed by atoms with van der Waals surface area (Å²) in [5.41, 5.74) is -0.153. The predicted octanol–water partition coefficient (Wildman–Crippen LogP) is 2.48. The zero-order chi connectivity index (χ0) is 16.4. The second-order valence-electron chi connectivity index (χ2n) is 4.80. The monoisotopic (exact) mass is 308 g/mol. The van der Waals surface area contributed by atoms with Crippen LogP contribution in [0.4, 0.5) is 5.69 Å². The van der Waals surface area contributed by atoms with E-state index in [1.807, 2.05) is 0 Å². The highest BCUT2D eigenvalue weighted by Gasteiger charge is 2.16. The molecule has 22 heavy (non-hydrogen) atoms. The van der Waals surface area contributed by atoms with E-state index < -0.39 is 4.92 Å². The zero-order valence-corrected chi connectivity index (χ0v) is 12.5. The molecule has 1 amide bonds. The average molecular weight is 308 g/mol. The van der Waals surface area contributed by atoms with E-state index >= 15 is 0 Å². The van der Waals surface area contributed by atoms with Crippen LogP contribution >= 0.6 is 0 Å². The summed E-state index contributed by atoms with van der Waals surface area (Å²) in [6, 6.07) is 3.83. The Morgan fingerprint density at radius 1 is 1.36 bits per heavy atom. The first kappa shape index (κ1) is 17.6. The van der Waals surface area contributed by atoms with Crippen molar-refractivity contribution in [3.63, 3.8) is 0 Å². The van der Waals surface area contributed by atoms with Crippen molar-refractivity contribution in [1.82, 2.24) is 5.32 Å². The summed E-state index contributed by atoms with van der Waals surface area (Å²) in [6.45, 7) is 2.37. The minimum Gasteiger partial charge on any atom is -0.477 e. The van der Waals surface area contributed by atoms with Crippen LogP contribution in [0.3, 0.4) is 0 Å². The van der Waals surface area contributed by atoms with Crippen LogP contribution in [-0.2, 0) is 4.79 Å². The number of rotatable bonds is 10. The second kappa shape index (κ2) is 9.49. The SMILES string of the molecule is CCCCCCNC(=O)COc1ccc(C=O)cc1[N+](=O)[O-]. The summed E-state index contributed by atoms with van der Waals surface area (Å²) < 4.78 is 5.17. The predicted molar refractivity (Wildman–Crippen MR) is 81.1 cm³/mol. The molecule has 0 radical (unpaired) electrons. The van der Waals surface area contributed by atoms with Crippen molar-refractivity contribution in [2.45, 2.75) is 32.6 Å². The Balaban J connectivity index is 2.48. The number of amides is 1. The number of nitro groups is 1. The highest BCUT2D eigenvalue weighted by Crippen LogP contribution is 2.27. The molecule has 0 heterocycles. The van der Waals surface area contributed by atoms with Crippen LogP contribution in [0.15, 0.2) is 18.2 Å². The number of nitro benzene ring substituents is 1. The van der Waals surface area contributed by atoms with Gasteiger partial charge in [-0.15, -0.1) is 0 Å². The van der Waals surface area contributed by atoms with Gasteiger partial charge < -0.3 is 10.1 Å². The molecule has 0 saturated carbocycles. The Bertz CT molecular complexity index is 531. The van der Waals surface area contributed by atoms with E-state index in [1.54, 1.807) is 0 Å². The van der Waals surface area contributed by atoms with Crippen LogP contribution in [-0.4, -0.2) is 30.3 Å². The summed E-state index contributed by atoms with van der Waals surface area (Å²) in [7, 11) is 0. The van der Waals surface area contributed by atoms with Gasteiger partial charge in [0.1, 0.15) is 6.29 Å². The third-order valence-electron chi connectivity index (χ3n) is 3.03. The molecule has 0 spiro atoms. The second-order valence-corrected chi connectivity index (χ2v) is 4.80. The van der Waals surface area contributed by atoms with Crippen LogP contribution in [0, 0.1) is 10.1 Å². The van der Waals surface area contributed by atoms with Gasteiger partial charge in [0, 0.05) is 18.2 Å². The quantitative estimate of drug-likeness (QED) is 0.310. The maximum atomic E-state index is 11.6. The van der Waals surface area contributed by atoms with Crippen molar-refractivity contribution < 1.29 is 19.2 Å². The van der Waals surface area contributed by atoms with E-state index in [2.05, 4.69) is 12.2 Å². The highest BCUT2D eigenvalue weighted by atomic mass is 16.6. The lowest BCUT2D eigenvalue weighted by Gasteiger charge is -2.08. The summed E-state index contributed by atoms with van der Waals surface area (Å²) >= 11 is 0. The average Bonchev–Trinajstić information content (AvgIpc) is 2.52. The van der Waals surface area contributed by atoms with Gasteiger partial charge in [-0.25, -0.2) is 0 Å². The van der Waals surface area contributed by atoms with Crippen molar-refractivity contribution in [2.75, 3.05) is 13.2 Å². The lowest BCUT2D eigenvalue weighted by molar-refractivity contribution is -0.385. The summed E-state index contributed by atoms with van der Waals surface area (Å²) in [4.78, 5) is 32.5. The fraction of sp³-hybridized carbons (Fsp3) is 0.467. The largest absolute Gasteiger partial charge is 0.477 e. The van der Waals surface area contributed by atoms with E-state index in [0.717, 1.165) is 31.7 Å². The van der Waals surface area contributed by atoms with E-state index in [4.69, 9.17) is 4.74 Å². The minimum atomic E-state index is -0.648. The number of carbonyl (C=O) groups is 2. The Kier molecular flexibility index (Phi) is 7.60. The fourth-order valence-corrected chi connectivity index (χ4v) is 1.85. The van der Waals surface area contributed by atoms with Gasteiger partial charge in [-0.05, 0) is 18.6 Å². The summed E-state index contributed by atoms with van der Waals surface area (Å²) in [6.07, 6.45) is 4.71. The molecule has 1 aromatic rings. The molecule has 120 valence electrons. The molecular weight excluding hydrogens is 288 g/mol. The lowest BCUT2D eigenvalue weighted by Crippen LogP contribution is -2.29. The Morgan fingerprint density at radius 3 is 2.77 bits per heavy atom. The van der Waals surface area contributed by atoms with Crippen LogP contribution in [0.5, 0.6) is 5.75 Å². The van der Waals surface area contributed by atoms with Gasteiger partial charge >= 0.3 is 5.69 Å². The molecule has 0 atom stereocenters. The molecule has 0 aliphatic heterocycles. The molecule has 0 unspecified atom stereocenters. The van der Waals surface area contributed by atoms with Crippen molar-refractivity contribution in [3.8, 4) is 5.75 Å². The number of carbonyl (C=O) groups excluding carboxylic acids is 2. The van der Waals surface area contributed by atoms with Crippen LogP contribution in [0.2, 0.25) is 0 Å². The van der Waals surface area contributed by atoms with Gasteiger partial charge in [0.15, 0.2) is 12.4 Å². The molecule has 1 N–H and O–H groups in total. The first-order chi connectivity index (χ1) is 10.6. The molecule has 7 nitrogen and oxygen atoms in total. The van der Waals surface area contributed by atoms with E-state index in [-0.39, 0.29) is 29.5 Å². The topological polar surface area (TPSA) is 98.5 Å². The number of hydrogen-bond donors (Lipinski definition) is 1. The number of nitrogens with zero attached hydrogens (tertiary/aromatic N) is 1. The number of hydrogen-bond acceptors (Lipinski definition) is 5. The Morgan fingerprint density at radius 2 is 2.14 bits per heavy atom. The summed E-state index contributed by atoms with van der Waals surface area (Å²) in [5, 5.41) is 13.6. The molecule has 0 aliphatic rings. The van der Waals surface area contributed by atoms with Crippen molar-refractivity contribution in [2.24, 2.45) is 0 Å². The maximum absolute atomic E-state index is 11.6. The standard InChI is InChI=1S/C15H20N2O5/c1-2-3-4-5-8-16-15(19)11-22-14-7-6-12(10-18)9-13(14)17(20)21/h6-7,9-10H,2-5,8,11H2,1H3,(H,16,19). The minimum absolute atomic E-state index is 0.0308. The zero-order valence-electron chi connectivity index (χ0n) is 12.5. The first-order valence-corrected chi connectivity index (χ1v) is 7.21. The Hall–Kier alpha value is -2.44. The lowest BCUT2D eigenvalue weighted by atomic mass is 10.2. The van der Waals surface area contributed by atoms with Gasteiger partial charge in [-0.2, -0.15) is 0 Å². The van der Waals surface area contributed by atoms with Gasteiger partial charge in [0.25, 0.3) is 5.91 Å². The number of unbranched alkanes of at least 4 members (excludes halogenated alkanes) is 3. The van der Waals surface area contributed by atoms with Crippen LogP contribution < -0.4 is 10.1 Å². The first-order valence-electron chi connectivity index (χ1n) is 7.21. The smallest absolute Gasteiger partial charge is 0.311 e. The fourth-order valence-electron chi connectivity index (χ4n) is 1.85. The van der Waals surface area contributed by atoms with Gasteiger partial charge in [-0.1, -0.05) is 26.2 Å². The molecule has 0 bridgehead atoms. The van der Waals surface area contributed by atoms with Crippen molar-refractivity contribution in [1.29, 1.82) is 0 Å². The molecule has 1 rings (SSSR count). The molecule has 0 saturated heterocycles. The van der Waals surface area contributed by atoms with Gasteiger partial charge in [0.05, 0.1) is 4.92 Å². The molecule has 0 fully saturated rings. The van der Waals surface area contributed by atoms with Crippen molar-refractivity contribution >= 4 is 17.9 Å². The molecule has 1 aromatic carbocycles. The third kappa shape index (κ3) is 5.90. The molecule has 0 aromatic heterocycles. The number of ether oxygens (including phenoxy) is 1. The van der Waals surface area contributed by atoms with Gasteiger partial charge in [0.2, 0.25) is 0 Å². The highest BCUT2D eigenvalue weighted by molar-refractivity contribution is 5.79. The Labute approximate surface area is 128 Å². The van der Waals surface area contributed by atoms with Gasteiger partial charge in [-0.3, -0.25) is 19.7 Å². The normalized spacial score (nSPS) is 10.0. The number of nitrogens with one attached hydrogen (secondary N) is 1. The molecule has 0 aliphatic carbocycles. The number of aldehydes is 1. The number of benzene rings is 1. The third-order valence-corrected chi connectivity index (χ3v) is 3.03. The van der Waals surface area contributed by atoms with E-state index in [0.29, 0.717) is 12.8 Å². The van der Waals surface area contributed by atoms with Crippen molar-refractivity contribution in [3.05, 3.63) is 33.9 Å². The molecular formula is C15H20N2O5.